The van der Waals surface area contributed by atoms with Crippen LogP contribution >= 0.6 is 0 Å². The average Bonchev–Trinajstić information content (AvgIpc) is 2.92. The van der Waals surface area contributed by atoms with E-state index in [9.17, 15) is 9.90 Å². The molecule has 3 N–H and O–H groups in total. The number of ether oxygens (including phenoxy) is 1. The molecule has 6 heteroatoms. The fourth-order valence-corrected chi connectivity index (χ4v) is 4.58. The first-order valence-electron chi connectivity index (χ1n) is 9.20. The van der Waals surface area contributed by atoms with Gasteiger partial charge in [0.1, 0.15) is 5.75 Å². The number of aromatic nitrogens is 1. The predicted octanol–water partition coefficient (Wildman–Crippen LogP) is 3.40. The Bertz CT molecular complexity index is 816. The van der Waals surface area contributed by atoms with Crippen molar-refractivity contribution < 1.29 is 14.6 Å². The van der Waals surface area contributed by atoms with Crippen LogP contribution in [0, 0.1) is 0 Å². The number of amides is 1. The summed E-state index contributed by atoms with van der Waals surface area (Å²) in [5.41, 5.74) is 2.45. The van der Waals surface area contributed by atoms with E-state index < -0.39 is 6.04 Å². The Morgan fingerprint density at radius 2 is 2.04 bits per heavy atom. The molecule has 0 radical (unpaired) electrons. The molecule has 26 heavy (non-hydrogen) atoms. The van der Waals surface area contributed by atoms with Crippen LogP contribution in [-0.2, 0) is 4.79 Å². The Morgan fingerprint density at radius 3 is 2.81 bits per heavy atom. The number of hydrogen-bond donors (Lipinski definition) is 3. The molecule has 2 aromatic rings. The standard InChI is InChI=1S/C20H25N3O3/c1-12(24)23-16-9-5-4-8-14(16)22-15-11-21-20(25)18(15)19(23)13-7-3-6-10-17(13)26-2/h3,6-7,10-11,14,16,19,21-22,25H,4-5,8-9H2,1-2H3. The van der Waals surface area contributed by atoms with Gasteiger partial charge in [-0.2, -0.15) is 0 Å². The highest BCUT2D eigenvalue weighted by molar-refractivity contribution is 5.77. The summed E-state index contributed by atoms with van der Waals surface area (Å²) in [6, 6.07) is 7.59. The first kappa shape index (κ1) is 16.8. The first-order valence-corrected chi connectivity index (χ1v) is 9.20. The Hall–Kier alpha value is -2.63. The molecule has 2 heterocycles. The van der Waals surface area contributed by atoms with Crippen molar-refractivity contribution in [1.29, 1.82) is 0 Å². The minimum atomic E-state index is -0.398. The van der Waals surface area contributed by atoms with Crippen LogP contribution < -0.4 is 10.1 Å². The van der Waals surface area contributed by atoms with Crippen LogP contribution in [-0.4, -0.2) is 40.1 Å². The number of para-hydroxylation sites is 1. The molecule has 4 rings (SSSR count). The summed E-state index contributed by atoms with van der Waals surface area (Å²) in [6.07, 6.45) is 6.01. The maximum atomic E-state index is 12.8. The number of nitrogens with one attached hydrogen (secondary N) is 2. The van der Waals surface area contributed by atoms with Gasteiger partial charge in [0.05, 0.1) is 30.4 Å². The third-order valence-electron chi connectivity index (χ3n) is 5.67. The summed E-state index contributed by atoms with van der Waals surface area (Å²) in [6.45, 7) is 1.61. The third-order valence-corrected chi connectivity index (χ3v) is 5.67. The Morgan fingerprint density at radius 1 is 1.27 bits per heavy atom. The summed E-state index contributed by atoms with van der Waals surface area (Å²) in [7, 11) is 1.63. The fraction of sp³-hybridized carbons (Fsp3) is 0.450. The zero-order chi connectivity index (χ0) is 18.3. The van der Waals surface area contributed by atoms with E-state index >= 15 is 0 Å². The molecule has 2 aliphatic rings. The summed E-state index contributed by atoms with van der Waals surface area (Å²) >= 11 is 0. The molecule has 1 saturated carbocycles. The van der Waals surface area contributed by atoms with Crippen molar-refractivity contribution in [2.45, 2.75) is 50.7 Å². The highest BCUT2D eigenvalue weighted by Gasteiger charge is 2.43. The summed E-state index contributed by atoms with van der Waals surface area (Å²) in [5, 5.41) is 14.2. The number of carbonyl (C=O) groups is 1. The maximum absolute atomic E-state index is 12.8. The zero-order valence-corrected chi connectivity index (χ0v) is 15.2. The lowest BCUT2D eigenvalue weighted by atomic mass is 9.87. The van der Waals surface area contributed by atoms with Gasteiger partial charge in [0.25, 0.3) is 0 Å². The molecule has 6 nitrogen and oxygen atoms in total. The van der Waals surface area contributed by atoms with E-state index in [1.165, 1.54) is 0 Å². The van der Waals surface area contributed by atoms with Gasteiger partial charge in [-0.05, 0) is 18.9 Å². The van der Waals surface area contributed by atoms with E-state index in [1.807, 2.05) is 29.2 Å². The Balaban J connectivity index is 1.94. The number of carbonyl (C=O) groups excluding carboxylic acids is 1. The molecule has 1 aliphatic carbocycles. The predicted molar refractivity (Wildman–Crippen MR) is 99.5 cm³/mol. The number of anilines is 1. The van der Waals surface area contributed by atoms with Crippen LogP contribution in [0.15, 0.2) is 30.5 Å². The van der Waals surface area contributed by atoms with Gasteiger partial charge in [-0.3, -0.25) is 4.79 Å². The van der Waals surface area contributed by atoms with Crippen LogP contribution in [0.3, 0.4) is 0 Å². The number of benzene rings is 1. The largest absolute Gasteiger partial charge is 0.496 e. The molecule has 3 unspecified atom stereocenters. The number of H-pyrrole nitrogens is 1. The van der Waals surface area contributed by atoms with E-state index in [1.54, 1.807) is 20.2 Å². The van der Waals surface area contributed by atoms with E-state index in [2.05, 4.69) is 10.3 Å². The average molecular weight is 355 g/mol. The van der Waals surface area contributed by atoms with Gasteiger partial charge in [-0.15, -0.1) is 0 Å². The lowest BCUT2D eigenvalue weighted by Gasteiger charge is -2.41. The smallest absolute Gasteiger partial charge is 0.220 e. The lowest BCUT2D eigenvalue weighted by Crippen LogP contribution is -2.50. The first-order chi connectivity index (χ1) is 12.6. The van der Waals surface area contributed by atoms with Crippen molar-refractivity contribution in [3.05, 3.63) is 41.6 Å². The number of hydrogen-bond acceptors (Lipinski definition) is 4. The molecule has 0 saturated heterocycles. The SMILES string of the molecule is COc1ccccc1C1c2c(c[nH]c2O)NC2CCCCC2N1C(C)=O. The van der Waals surface area contributed by atoms with Crippen molar-refractivity contribution >= 4 is 11.6 Å². The molecule has 3 atom stereocenters. The molecule has 1 aliphatic heterocycles. The van der Waals surface area contributed by atoms with Crippen molar-refractivity contribution in [2.75, 3.05) is 12.4 Å². The van der Waals surface area contributed by atoms with Gasteiger partial charge in [0.15, 0.2) is 5.88 Å². The number of aromatic amines is 1. The minimum absolute atomic E-state index is 0.00746. The lowest BCUT2D eigenvalue weighted by molar-refractivity contribution is -0.134. The quantitative estimate of drug-likeness (QED) is 0.771. The highest BCUT2D eigenvalue weighted by Crippen LogP contribution is 2.47. The maximum Gasteiger partial charge on any atom is 0.220 e. The molecule has 138 valence electrons. The molecular formula is C20H25N3O3. The summed E-state index contributed by atoms with van der Waals surface area (Å²) in [4.78, 5) is 17.7. The van der Waals surface area contributed by atoms with Crippen molar-refractivity contribution in [3.8, 4) is 11.6 Å². The van der Waals surface area contributed by atoms with Crippen LogP contribution in [0.2, 0.25) is 0 Å². The second-order valence-electron chi connectivity index (χ2n) is 7.14. The van der Waals surface area contributed by atoms with Gasteiger partial charge >= 0.3 is 0 Å². The number of aromatic hydroxyl groups is 1. The molecule has 1 aromatic heterocycles. The highest BCUT2D eigenvalue weighted by atomic mass is 16.5. The summed E-state index contributed by atoms with van der Waals surface area (Å²) < 4.78 is 5.58. The molecule has 1 fully saturated rings. The van der Waals surface area contributed by atoms with Gasteiger partial charge in [0, 0.05) is 24.7 Å². The topological polar surface area (TPSA) is 77.6 Å². The normalized spacial score (nSPS) is 24.8. The number of rotatable bonds is 2. The van der Waals surface area contributed by atoms with Crippen LogP contribution in [0.25, 0.3) is 0 Å². The summed E-state index contributed by atoms with van der Waals surface area (Å²) in [5.74, 6) is 0.811. The second kappa shape index (κ2) is 6.59. The Labute approximate surface area is 153 Å². The number of methoxy groups -OCH3 is 1. The van der Waals surface area contributed by atoms with Crippen LogP contribution in [0.5, 0.6) is 11.6 Å². The van der Waals surface area contributed by atoms with Gasteiger partial charge < -0.3 is 25.0 Å². The monoisotopic (exact) mass is 355 g/mol. The number of fused-ring (bicyclic) bond motifs is 2. The second-order valence-corrected chi connectivity index (χ2v) is 7.14. The molecule has 0 bridgehead atoms. The van der Waals surface area contributed by atoms with E-state index in [4.69, 9.17) is 4.74 Å². The molecule has 0 spiro atoms. The van der Waals surface area contributed by atoms with E-state index in [-0.39, 0.29) is 23.9 Å². The minimum Gasteiger partial charge on any atom is -0.496 e. The molecular weight excluding hydrogens is 330 g/mol. The fourth-order valence-electron chi connectivity index (χ4n) is 4.58. The van der Waals surface area contributed by atoms with Crippen molar-refractivity contribution in [3.63, 3.8) is 0 Å². The van der Waals surface area contributed by atoms with Gasteiger partial charge in [-0.1, -0.05) is 31.0 Å². The number of nitrogens with zero attached hydrogens (tertiary/aromatic N) is 1. The zero-order valence-electron chi connectivity index (χ0n) is 15.2. The van der Waals surface area contributed by atoms with Crippen molar-refractivity contribution in [1.82, 2.24) is 9.88 Å². The Kier molecular flexibility index (Phi) is 4.26. The molecule has 1 amide bonds. The van der Waals surface area contributed by atoms with E-state index in [0.29, 0.717) is 11.3 Å². The van der Waals surface area contributed by atoms with Gasteiger partial charge in [0.2, 0.25) is 5.91 Å². The van der Waals surface area contributed by atoms with Crippen molar-refractivity contribution in [2.24, 2.45) is 0 Å². The van der Waals surface area contributed by atoms with Gasteiger partial charge in [-0.25, -0.2) is 0 Å². The van der Waals surface area contributed by atoms with E-state index in [0.717, 1.165) is 36.9 Å². The third kappa shape index (κ3) is 2.60. The molecule has 1 aromatic carbocycles. The van der Waals surface area contributed by atoms with Crippen LogP contribution in [0.4, 0.5) is 5.69 Å². The van der Waals surface area contributed by atoms with Crippen LogP contribution in [0.1, 0.15) is 49.8 Å².